The van der Waals surface area contributed by atoms with Crippen LogP contribution in [-0.4, -0.2) is 21.2 Å². The van der Waals surface area contributed by atoms with E-state index in [9.17, 15) is 4.79 Å². The van der Waals surface area contributed by atoms with Crippen LogP contribution in [0.2, 0.25) is 0 Å². The number of aromatic nitrogens is 3. The van der Waals surface area contributed by atoms with Gasteiger partial charge < -0.3 is 0 Å². The predicted molar refractivity (Wildman–Crippen MR) is 105 cm³/mol. The van der Waals surface area contributed by atoms with Crippen LogP contribution < -0.4 is 0 Å². The van der Waals surface area contributed by atoms with Crippen LogP contribution >= 0.6 is 0 Å². The molecule has 0 fully saturated rings. The third kappa shape index (κ3) is 3.65. The summed E-state index contributed by atoms with van der Waals surface area (Å²) in [6.45, 7) is 0. The molecule has 4 heteroatoms. The standard InChI is InChI=1S/C23H17N3O/c27-21(17-10-4-1-5-11-17)16-20-22(18-12-6-2-7-13-18)24-26-25-23(20)19-14-8-3-9-15-19/h1-15H,16H2. The third-order valence-corrected chi connectivity index (χ3v) is 4.39. The van der Waals surface area contributed by atoms with Crippen LogP contribution in [0, 0.1) is 0 Å². The van der Waals surface area contributed by atoms with Gasteiger partial charge in [-0.05, 0) is 5.21 Å². The van der Waals surface area contributed by atoms with E-state index in [2.05, 4.69) is 15.4 Å². The molecule has 0 aliphatic carbocycles. The SMILES string of the molecule is O=C(Cc1c(-c2ccccc2)nnnc1-c1ccccc1)c1ccccc1. The van der Waals surface area contributed by atoms with Crippen molar-refractivity contribution in [2.24, 2.45) is 0 Å². The second kappa shape index (κ2) is 7.70. The highest BCUT2D eigenvalue weighted by atomic mass is 16.1. The molecule has 4 aromatic rings. The molecule has 0 aliphatic rings. The molecular formula is C23H17N3O. The van der Waals surface area contributed by atoms with E-state index >= 15 is 0 Å². The Kier molecular flexibility index (Phi) is 4.79. The van der Waals surface area contributed by atoms with Gasteiger partial charge in [0, 0.05) is 28.7 Å². The minimum atomic E-state index is 0.0276. The Morgan fingerprint density at radius 3 is 1.56 bits per heavy atom. The van der Waals surface area contributed by atoms with Gasteiger partial charge in [-0.3, -0.25) is 4.79 Å². The maximum absolute atomic E-state index is 12.9. The van der Waals surface area contributed by atoms with Crippen molar-refractivity contribution < 1.29 is 4.79 Å². The van der Waals surface area contributed by atoms with E-state index in [-0.39, 0.29) is 12.2 Å². The van der Waals surface area contributed by atoms with E-state index in [1.165, 1.54) is 0 Å². The van der Waals surface area contributed by atoms with Gasteiger partial charge in [0.1, 0.15) is 11.4 Å². The van der Waals surface area contributed by atoms with Crippen molar-refractivity contribution in [2.75, 3.05) is 0 Å². The monoisotopic (exact) mass is 351 g/mol. The molecule has 0 N–H and O–H groups in total. The molecule has 3 aromatic carbocycles. The summed E-state index contributed by atoms with van der Waals surface area (Å²) in [5, 5.41) is 12.5. The number of Topliss-reactive ketones (excluding diaryl/α,β-unsaturated/α-hetero) is 1. The molecule has 1 heterocycles. The van der Waals surface area contributed by atoms with Crippen LogP contribution in [0.5, 0.6) is 0 Å². The average molecular weight is 351 g/mol. The fourth-order valence-corrected chi connectivity index (χ4v) is 3.05. The molecule has 0 saturated carbocycles. The lowest BCUT2D eigenvalue weighted by Gasteiger charge is -2.12. The van der Waals surface area contributed by atoms with Crippen molar-refractivity contribution in [1.29, 1.82) is 0 Å². The summed E-state index contributed by atoms with van der Waals surface area (Å²) in [7, 11) is 0. The lowest BCUT2D eigenvalue weighted by Crippen LogP contribution is -2.10. The molecule has 0 aliphatic heterocycles. The molecular weight excluding hydrogens is 334 g/mol. The van der Waals surface area contributed by atoms with Crippen LogP contribution in [0.15, 0.2) is 91.0 Å². The quantitative estimate of drug-likeness (QED) is 0.492. The van der Waals surface area contributed by atoms with Gasteiger partial charge in [0.05, 0.1) is 0 Å². The molecule has 0 radical (unpaired) electrons. The van der Waals surface area contributed by atoms with Gasteiger partial charge >= 0.3 is 0 Å². The number of hydrogen-bond donors (Lipinski definition) is 0. The first kappa shape index (κ1) is 16.8. The first-order valence-electron chi connectivity index (χ1n) is 8.74. The highest BCUT2D eigenvalue weighted by molar-refractivity contribution is 5.99. The minimum Gasteiger partial charge on any atom is -0.294 e. The smallest absolute Gasteiger partial charge is 0.167 e. The van der Waals surface area contributed by atoms with E-state index < -0.39 is 0 Å². The number of ketones is 1. The Morgan fingerprint density at radius 2 is 1.07 bits per heavy atom. The van der Waals surface area contributed by atoms with Crippen molar-refractivity contribution >= 4 is 5.78 Å². The van der Waals surface area contributed by atoms with Crippen LogP contribution in [-0.2, 0) is 6.42 Å². The van der Waals surface area contributed by atoms with Gasteiger partial charge in [-0.2, -0.15) is 0 Å². The van der Waals surface area contributed by atoms with Crippen molar-refractivity contribution in [2.45, 2.75) is 6.42 Å². The number of carbonyl (C=O) groups is 1. The van der Waals surface area contributed by atoms with E-state index in [0.29, 0.717) is 17.0 Å². The Labute approximate surface area is 157 Å². The molecule has 0 saturated heterocycles. The summed E-state index contributed by atoms with van der Waals surface area (Å²) in [6.07, 6.45) is 0.209. The van der Waals surface area contributed by atoms with E-state index in [1.807, 2.05) is 91.0 Å². The topological polar surface area (TPSA) is 55.7 Å². The van der Waals surface area contributed by atoms with Gasteiger partial charge in [-0.15, -0.1) is 10.2 Å². The molecule has 0 bridgehead atoms. The summed E-state index contributed by atoms with van der Waals surface area (Å²) in [6, 6.07) is 28.8. The van der Waals surface area contributed by atoms with Gasteiger partial charge in [0.15, 0.2) is 5.78 Å². The molecule has 0 spiro atoms. The van der Waals surface area contributed by atoms with Crippen LogP contribution in [0.1, 0.15) is 15.9 Å². The maximum atomic E-state index is 12.9. The minimum absolute atomic E-state index is 0.0276. The lowest BCUT2D eigenvalue weighted by atomic mass is 9.95. The number of nitrogens with zero attached hydrogens (tertiary/aromatic N) is 3. The largest absolute Gasteiger partial charge is 0.294 e. The summed E-state index contributed by atoms with van der Waals surface area (Å²) in [5.74, 6) is 0.0276. The number of benzene rings is 3. The molecule has 130 valence electrons. The summed E-state index contributed by atoms with van der Waals surface area (Å²) >= 11 is 0. The molecule has 4 rings (SSSR count). The second-order valence-electron chi connectivity index (χ2n) is 6.16. The second-order valence-corrected chi connectivity index (χ2v) is 6.16. The Bertz CT molecular complexity index is 991. The Hall–Kier alpha value is -3.66. The molecule has 0 amide bonds. The molecule has 1 aromatic heterocycles. The fraction of sp³-hybridized carbons (Fsp3) is 0.0435. The third-order valence-electron chi connectivity index (χ3n) is 4.39. The van der Waals surface area contributed by atoms with Crippen LogP contribution in [0.4, 0.5) is 0 Å². The molecule has 4 nitrogen and oxygen atoms in total. The van der Waals surface area contributed by atoms with Gasteiger partial charge in [0.2, 0.25) is 0 Å². The number of rotatable bonds is 5. The first-order chi connectivity index (χ1) is 13.3. The highest BCUT2D eigenvalue weighted by Gasteiger charge is 2.19. The van der Waals surface area contributed by atoms with Crippen molar-refractivity contribution in [3.05, 3.63) is 102 Å². The lowest BCUT2D eigenvalue weighted by molar-refractivity contribution is 0.0993. The Morgan fingerprint density at radius 1 is 0.630 bits per heavy atom. The zero-order chi connectivity index (χ0) is 18.5. The summed E-state index contributed by atoms with van der Waals surface area (Å²) in [4.78, 5) is 12.9. The maximum Gasteiger partial charge on any atom is 0.167 e. The normalized spacial score (nSPS) is 10.5. The molecule has 0 unspecified atom stereocenters. The van der Waals surface area contributed by atoms with Crippen LogP contribution in [0.3, 0.4) is 0 Å². The van der Waals surface area contributed by atoms with Gasteiger partial charge in [-0.1, -0.05) is 91.0 Å². The summed E-state index contributed by atoms with van der Waals surface area (Å²) < 4.78 is 0. The predicted octanol–water partition coefficient (Wildman–Crippen LogP) is 4.63. The van der Waals surface area contributed by atoms with Gasteiger partial charge in [-0.25, -0.2) is 0 Å². The van der Waals surface area contributed by atoms with E-state index in [0.717, 1.165) is 16.7 Å². The zero-order valence-corrected chi connectivity index (χ0v) is 14.6. The van der Waals surface area contributed by atoms with Gasteiger partial charge in [0.25, 0.3) is 0 Å². The Balaban J connectivity index is 1.85. The first-order valence-corrected chi connectivity index (χ1v) is 8.74. The zero-order valence-electron chi connectivity index (χ0n) is 14.6. The van der Waals surface area contributed by atoms with E-state index in [1.54, 1.807) is 0 Å². The average Bonchev–Trinajstić information content (AvgIpc) is 2.76. The molecule has 27 heavy (non-hydrogen) atoms. The molecule has 0 atom stereocenters. The fourth-order valence-electron chi connectivity index (χ4n) is 3.05. The number of carbonyl (C=O) groups excluding carboxylic acids is 1. The van der Waals surface area contributed by atoms with Crippen molar-refractivity contribution in [3.8, 4) is 22.5 Å². The van der Waals surface area contributed by atoms with Crippen molar-refractivity contribution in [3.63, 3.8) is 0 Å². The highest BCUT2D eigenvalue weighted by Crippen LogP contribution is 2.29. The summed E-state index contributed by atoms with van der Waals surface area (Å²) in [5.41, 5.74) is 4.67. The number of hydrogen-bond acceptors (Lipinski definition) is 4. The van der Waals surface area contributed by atoms with Crippen LogP contribution in [0.25, 0.3) is 22.5 Å². The van der Waals surface area contributed by atoms with Crippen molar-refractivity contribution in [1.82, 2.24) is 15.4 Å². The van der Waals surface area contributed by atoms with E-state index in [4.69, 9.17) is 0 Å².